The zero-order valence-electron chi connectivity index (χ0n) is 9.11. The highest BCUT2D eigenvalue weighted by atomic mass is 16.5. The third-order valence-corrected chi connectivity index (χ3v) is 2.86. The third-order valence-electron chi connectivity index (χ3n) is 2.86. The van der Waals surface area contributed by atoms with Crippen molar-refractivity contribution >= 4 is 5.91 Å². The zero-order valence-corrected chi connectivity index (χ0v) is 9.11. The maximum absolute atomic E-state index is 11.5. The average molecular weight is 216 g/mol. The second-order valence-electron chi connectivity index (χ2n) is 3.87. The highest BCUT2D eigenvalue weighted by Gasteiger charge is 2.31. The van der Waals surface area contributed by atoms with Gasteiger partial charge in [-0.3, -0.25) is 15.1 Å². The van der Waals surface area contributed by atoms with Crippen LogP contribution in [0.3, 0.4) is 0 Å². The summed E-state index contributed by atoms with van der Waals surface area (Å²) in [6.45, 7) is 2.75. The predicted molar refractivity (Wildman–Crippen MR) is 56.7 cm³/mol. The van der Waals surface area contributed by atoms with Crippen LogP contribution in [0.4, 0.5) is 0 Å². The van der Waals surface area contributed by atoms with E-state index >= 15 is 0 Å². The minimum atomic E-state index is -0.295. The number of methoxy groups -OCH3 is 1. The lowest BCUT2D eigenvalue weighted by Crippen LogP contribution is -2.50. The molecule has 1 rings (SSSR count). The van der Waals surface area contributed by atoms with E-state index < -0.39 is 0 Å². The molecule has 1 aliphatic rings. The van der Waals surface area contributed by atoms with Crippen molar-refractivity contribution in [2.75, 3.05) is 33.4 Å². The Kier molecular flexibility index (Phi) is 4.97. The number of carbonyl (C=O) groups excluding carboxylic acids is 1. The molecule has 0 bridgehead atoms. The zero-order chi connectivity index (χ0) is 11.3. The summed E-state index contributed by atoms with van der Waals surface area (Å²) >= 11 is 0. The van der Waals surface area contributed by atoms with Crippen LogP contribution in [0.25, 0.3) is 0 Å². The molecule has 2 atom stereocenters. The van der Waals surface area contributed by atoms with Crippen molar-refractivity contribution < 1.29 is 9.53 Å². The molecule has 0 radical (unpaired) electrons. The first-order valence-electron chi connectivity index (χ1n) is 5.16. The summed E-state index contributed by atoms with van der Waals surface area (Å²) in [5, 5.41) is 0. The molecule has 88 valence electrons. The molecule has 0 spiro atoms. The summed E-state index contributed by atoms with van der Waals surface area (Å²) in [4.78, 5) is 13.6. The first-order chi connectivity index (χ1) is 7.22. The van der Waals surface area contributed by atoms with Crippen LogP contribution in [0.2, 0.25) is 0 Å². The summed E-state index contributed by atoms with van der Waals surface area (Å²) in [5.74, 6) is 5.41. The topological polar surface area (TPSA) is 93.6 Å². The van der Waals surface area contributed by atoms with E-state index in [4.69, 9.17) is 16.3 Å². The molecule has 6 heteroatoms. The van der Waals surface area contributed by atoms with Gasteiger partial charge < -0.3 is 10.5 Å². The molecule has 6 nitrogen and oxygen atoms in total. The number of rotatable bonds is 5. The van der Waals surface area contributed by atoms with Crippen molar-refractivity contribution in [3.05, 3.63) is 0 Å². The van der Waals surface area contributed by atoms with Gasteiger partial charge in [-0.05, 0) is 25.4 Å². The van der Waals surface area contributed by atoms with Gasteiger partial charge >= 0.3 is 0 Å². The van der Waals surface area contributed by atoms with Gasteiger partial charge in [-0.15, -0.1) is 0 Å². The van der Waals surface area contributed by atoms with Gasteiger partial charge in [0.15, 0.2) is 0 Å². The number of hydrogen-bond acceptors (Lipinski definition) is 5. The Labute approximate surface area is 89.9 Å². The largest absolute Gasteiger partial charge is 0.383 e. The fourth-order valence-corrected chi connectivity index (χ4v) is 1.94. The average Bonchev–Trinajstić information content (AvgIpc) is 2.73. The van der Waals surface area contributed by atoms with Crippen molar-refractivity contribution in [3.63, 3.8) is 0 Å². The first kappa shape index (κ1) is 12.4. The first-order valence-corrected chi connectivity index (χ1v) is 5.16. The number of likely N-dealkylation sites (tertiary alicyclic amines) is 1. The van der Waals surface area contributed by atoms with Gasteiger partial charge in [-0.1, -0.05) is 0 Å². The van der Waals surface area contributed by atoms with Crippen molar-refractivity contribution in [1.29, 1.82) is 0 Å². The molecule has 5 N–H and O–H groups in total. The minimum Gasteiger partial charge on any atom is -0.383 e. The van der Waals surface area contributed by atoms with E-state index in [2.05, 4.69) is 10.3 Å². The molecule has 1 amide bonds. The Morgan fingerprint density at radius 2 is 2.47 bits per heavy atom. The van der Waals surface area contributed by atoms with Crippen LogP contribution in [0.5, 0.6) is 0 Å². The summed E-state index contributed by atoms with van der Waals surface area (Å²) in [6.07, 6.45) is 1.04. The van der Waals surface area contributed by atoms with Crippen LogP contribution in [-0.2, 0) is 9.53 Å². The lowest BCUT2D eigenvalue weighted by molar-refractivity contribution is -0.128. The standard InChI is InChI=1S/C9H20N4O2/c1-15-6-8(9(14)12-11)13-3-2-7(4-10)5-13/h7-8H,2-6,10-11H2,1H3,(H,12,14). The highest BCUT2D eigenvalue weighted by Crippen LogP contribution is 2.17. The van der Waals surface area contributed by atoms with E-state index in [0.29, 0.717) is 19.1 Å². The van der Waals surface area contributed by atoms with E-state index in [0.717, 1.165) is 19.5 Å². The highest BCUT2D eigenvalue weighted by molar-refractivity contribution is 5.81. The molecule has 1 fully saturated rings. The Morgan fingerprint density at radius 3 is 2.93 bits per heavy atom. The van der Waals surface area contributed by atoms with Crippen LogP contribution in [0.15, 0.2) is 0 Å². The van der Waals surface area contributed by atoms with Crippen LogP contribution in [0, 0.1) is 5.92 Å². The molecule has 1 heterocycles. The lowest BCUT2D eigenvalue weighted by atomic mass is 10.1. The van der Waals surface area contributed by atoms with Gasteiger partial charge in [0, 0.05) is 13.7 Å². The van der Waals surface area contributed by atoms with E-state index in [1.807, 2.05) is 0 Å². The lowest BCUT2D eigenvalue weighted by Gasteiger charge is -2.25. The summed E-state index contributed by atoms with van der Waals surface area (Å²) < 4.78 is 5.02. The third kappa shape index (κ3) is 3.13. The molecule has 15 heavy (non-hydrogen) atoms. The van der Waals surface area contributed by atoms with Crippen LogP contribution in [-0.4, -0.2) is 50.2 Å². The number of nitrogens with two attached hydrogens (primary N) is 2. The molecule has 0 aliphatic carbocycles. The van der Waals surface area contributed by atoms with Crippen LogP contribution >= 0.6 is 0 Å². The second kappa shape index (κ2) is 6.02. The fraction of sp³-hybridized carbons (Fsp3) is 0.889. The van der Waals surface area contributed by atoms with Gasteiger partial charge in [-0.25, -0.2) is 5.84 Å². The maximum atomic E-state index is 11.5. The van der Waals surface area contributed by atoms with E-state index in [1.165, 1.54) is 0 Å². The Hall–Kier alpha value is -0.690. The number of hydrogen-bond donors (Lipinski definition) is 3. The molecule has 1 aliphatic heterocycles. The number of nitrogens with one attached hydrogen (secondary N) is 1. The predicted octanol–water partition coefficient (Wildman–Crippen LogP) is -1.73. The number of hydrazine groups is 1. The van der Waals surface area contributed by atoms with Crippen molar-refractivity contribution in [2.45, 2.75) is 12.5 Å². The minimum absolute atomic E-state index is 0.200. The van der Waals surface area contributed by atoms with Crippen LogP contribution < -0.4 is 17.0 Å². The molecular formula is C9H20N4O2. The van der Waals surface area contributed by atoms with Gasteiger partial charge in [0.05, 0.1) is 6.61 Å². The van der Waals surface area contributed by atoms with E-state index in [9.17, 15) is 4.79 Å². The van der Waals surface area contributed by atoms with E-state index in [-0.39, 0.29) is 11.9 Å². The molecule has 1 saturated heterocycles. The second-order valence-corrected chi connectivity index (χ2v) is 3.87. The molecule has 0 aromatic rings. The number of amides is 1. The van der Waals surface area contributed by atoms with Crippen molar-refractivity contribution in [3.8, 4) is 0 Å². The van der Waals surface area contributed by atoms with Gasteiger partial charge in [-0.2, -0.15) is 0 Å². The molecule has 2 unspecified atom stereocenters. The molecule has 0 aromatic carbocycles. The van der Waals surface area contributed by atoms with Gasteiger partial charge in [0.1, 0.15) is 6.04 Å². The van der Waals surface area contributed by atoms with Crippen molar-refractivity contribution in [2.24, 2.45) is 17.5 Å². The molecular weight excluding hydrogens is 196 g/mol. The fourth-order valence-electron chi connectivity index (χ4n) is 1.94. The SMILES string of the molecule is COCC(C(=O)NN)N1CCC(CN)C1. The summed E-state index contributed by atoms with van der Waals surface area (Å²) in [6, 6.07) is -0.295. The number of nitrogens with zero attached hydrogens (tertiary/aromatic N) is 1. The number of carbonyl (C=O) groups is 1. The smallest absolute Gasteiger partial charge is 0.253 e. The number of ether oxygens (including phenoxy) is 1. The molecule has 0 aromatic heterocycles. The molecule has 0 saturated carbocycles. The monoisotopic (exact) mass is 216 g/mol. The summed E-state index contributed by atoms with van der Waals surface area (Å²) in [7, 11) is 1.58. The Balaban J connectivity index is 2.53. The van der Waals surface area contributed by atoms with E-state index in [1.54, 1.807) is 7.11 Å². The van der Waals surface area contributed by atoms with Crippen molar-refractivity contribution in [1.82, 2.24) is 10.3 Å². The Bertz CT molecular complexity index is 212. The van der Waals surface area contributed by atoms with Crippen LogP contribution in [0.1, 0.15) is 6.42 Å². The summed E-state index contributed by atoms with van der Waals surface area (Å²) in [5.41, 5.74) is 7.76. The Morgan fingerprint density at radius 1 is 1.73 bits per heavy atom. The quantitative estimate of drug-likeness (QED) is 0.288. The van der Waals surface area contributed by atoms with Gasteiger partial charge in [0.25, 0.3) is 5.91 Å². The van der Waals surface area contributed by atoms with Gasteiger partial charge in [0.2, 0.25) is 0 Å². The maximum Gasteiger partial charge on any atom is 0.253 e. The normalized spacial score (nSPS) is 24.1.